The highest BCUT2D eigenvalue weighted by atomic mass is 35.5. The molecule has 6 heteroatoms. The van der Waals surface area contributed by atoms with Gasteiger partial charge >= 0.3 is 0 Å². The summed E-state index contributed by atoms with van der Waals surface area (Å²) in [7, 11) is 0. The first-order valence-corrected chi connectivity index (χ1v) is 6.62. The van der Waals surface area contributed by atoms with Gasteiger partial charge in [0, 0.05) is 24.6 Å². The van der Waals surface area contributed by atoms with Crippen LogP contribution < -0.4 is 4.90 Å². The van der Waals surface area contributed by atoms with Crippen LogP contribution in [0.4, 0.5) is 5.88 Å². The number of carbonyl (C=O) groups excluding carboxylic acids is 1. The van der Waals surface area contributed by atoms with Crippen LogP contribution in [0.15, 0.2) is 34.9 Å². The van der Waals surface area contributed by atoms with Gasteiger partial charge in [-0.05, 0) is 6.07 Å². The van der Waals surface area contributed by atoms with E-state index in [4.69, 9.17) is 27.7 Å². The van der Waals surface area contributed by atoms with E-state index in [1.807, 2.05) is 18.2 Å². The van der Waals surface area contributed by atoms with Crippen LogP contribution in [0.3, 0.4) is 0 Å². The SMILES string of the molecule is O=C1CC(Cl)CN1c1cc(-c2ccccc2Cl)no1. The topological polar surface area (TPSA) is 46.3 Å². The Hall–Kier alpha value is -1.52. The molecule has 1 saturated heterocycles. The van der Waals surface area contributed by atoms with Crippen LogP contribution in [-0.4, -0.2) is 23.0 Å². The van der Waals surface area contributed by atoms with Gasteiger partial charge in [0.1, 0.15) is 5.69 Å². The minimum absolute atomic E-state index is 0.0538. The number of carbonyl (C=O) groups is 1. The fraction of sp³-hybridized carbons (Fsp3) is 0.231. The normalized spacial score (nSPS) is 19.2. The highest BCUT2D eigenvalue weighted by Gasteiger charge is 2.31. The molecule has 0 saturated carbocycles. The average Bonchev–Trinajstić information content (AvgIpc) is 2.96. The van der Waals surface area contributed by atoms with Gasteiger partial charge in [-0.15, -0.1) is 11.6 Å². The smallest absolute Gasteiger partial charge is 0.234 e. The van der Waals surface area contributed by atoms with E-state index < -0.39 is 0 Å². The maximum Gasteiger partial charge on any atom is 0.234 e. The molecule has 1 aliphatic rings. The standard InChI is InChI=1S/C13H10Cl2N2O2/c14-8-5-12(18)17(7-8)13-6-11(16-19-13)9-3-1-2-4-10(9)15/h1-4,6,8H,5,7H2. The summed E-state index contributed by atoms with van der Waals surface area (Å²) in [5, 5.41) is 4.36. The van der Waals surface area contributed by atoms with Gasteiger partial charge in [-0.25, -0.2) is 0 Å². The number of amides is 1. The zero-order valence-electron chi connectivity index (χ0n) is 9.85. The van der Waals surface area contributed by atoms with Crippen molar-refractivity contribution >= 4 is 35.0 Å². The van der Waals surface area contributed by atoms with Crippen molar-refractivity contribution in [1.29, 1.82) is 0 Å². The van der Waals surface area contributed by atoms with Gasteiger partial charge in [-0.3, -0.25) is 9.69 Å². The van der Waals surface area contributed by atoms with Crippen LogP contribution in [0.2, 0.25) is 5.02 Å². The highest BCUT2D eigenvalue weighted by Crippen LogP contribution is 2.31. The molecule has 0 radical (unpaired) electrons. The Bertz CT molecular complexity index is 627. The number of alkyl halides is 1. The third kappa shape index (κ3) is 2.33. The Labute approximate surface area is 119 Å². The summed E-state index contributed by atoms with van der Waals surface area (Å²) in [6, 6.07) is 9.04. The van der Waals surface area contributed by atoms with Crippen LogP contribution >= 0.6 is 23.2 Å². The summed E-state index contributed by atoms with van der Waals surface area (Å²) in [5.74, 6) is 0.352. The van der Waals surface area contributed by atoms with Crippen LogP contribution in [0, 0.1) is 0 Å². The molecular formula is C13H10Cl2N2O2. The van der Waals surface area contributed by atoms with Gasteiger partial charge in [0.25, 0.3) is 0 Å². The molecule has 0 bridgehead atoms. The molecule has 1 aromatic carbocycles. The highest BCUT2D eigenvalue weighted by molar-refractivity contribution is 6.33. The van der Waals surface area contributed by atoms with Crippen LogP contribution in [0.1, 0.15) is 6.42 Å². The Kier molecular flexibility index (Phi) is 3.21. The number of halogens is 2. The second-order valence-corrected chi connectivity index (χ2v) is 5.36. The Morgan fingerprint density at radius 3 is 2.84 bits per heavy atom. The molecule has 2 aromatic rings. The number of aromatic nitrogens is 1. The minimum atomic E-state index is -0.179. The van der Waals surface area contributed by atoms with E-state index in [9.17, 15) is 4.79 Å². The lowest BCUT2D eigenvalue weighted by Crippen LogP contribution is -2.23. The fourth-order valence-corrected chi connectivity index (χ4v) is 2.57. The predicted molar refractivity (Wildman–Crippen MR) is 73.6 cm³/mol. The van der Waals surface area contributed by atoms with Crippen molar-refractivity contribution in [2.45, 2.75) is 11.8 Å². The molecule has 1 atom stereocenters. The van der Waals surface area contributed by atoms with Crippen molar-refractivity contribution in [3.63, 3.8) is 0 Å². The molecule has 1 unspecified atom stereocenters. The first-order valence-electron chi connectivity index (χ1n) is 5.81. The average molecular weight is 297 g/mol. The maximum atomic E-state index is 11.7. The fourth-order valence-electron chi connectivity index (χ4n) is 2.07. The van der Waals surface area contributed by atoms with Gasteiger partial charge in [0.05, 0.1) is 10.4 Å². The van der Waals surface area contributed by atoms with Gasteiger partial charge < -0.3 is 4.52 Å². The molecule has 1 amide bonds. The van der Waals surface area contributed by atoms with Crippen LogP contribution in [-0.2, 0) is 4.79 Å². The lowest BCUT2D eigenvalue weighted by atomic mass is 10.1. The van der Waals surface area contributed by atoms with Gasteiger partial charge in [-0.1, -0.05) is 35.0 Å². The summed E-state index contributed by atoms with van der Waals surface area (Å²) in [4.78, 5) is 13.2. The number of nitrogens with zero attached hydrogens (tertiary/aromatic N) is 2. The number of hydrogen-bond acceptors (Lipinski definition) is 3. The number of anilines is 1. The minimum Gasteiger partial charge on any atom is -0.338 e. The van der Waals surface area contributed by atoms with Crippen molar-refractivity contribution in [3.05, 3.63) is 35.4 Å². The molecule has 1 aliphatic heterocycles. The molecule has 0 spiro atoms. The largest absolute Gasteiger partial charge is 0.338 e. The van der Waals surface area contributed by atoms with E-state index in [0.717, 1.165) is 5.56 Å². The quantitative estimate of drug-likeness (QED) is 0.799. The summed E-state index contributed by atoms with van der Waals surface area (Å²) in [5.41, 5.74) is 1.37. The zero-order chi connectivity index (χ0) is 13.4. The van der Waals surface area contributed by atoms with Crippen molar-refractivity contribution in [2.75, 3.05) is 11.4 Å². The monoisotopic (exact) mass is 296 g/mol. The summed E-state index contributed by atoms with van der Waals surface area (Å²) in [6.45, 7) is 0.442. The van der Waals surface area contributed by atoms with E-state index in [0.29, 0.717) is 29.6 Å². The molecule has 0 N–H and O–H groups in total. The Morgan fingerprint density at radius 1 is 1.37 bits per heavy atom. The predicted octanol–water partition coefficient (Wildman–Crippen LogP) is 3.34. The molecule has 2 heterocycles. The van der Waals surface area contributed by atoms with Crippen LogP contribution in [0.25, 0.3) is 11.3 Å². The summed E-state index contributed by atoms with van der Waals surface area (Å²) in [6.07, 6.45) is 0.323. The Balaban J connectivity index is 1.92. The molecule has 1 aromatic heterocycles. The molecule has 4 nitrogen and oxygen atoms in total. The zero-order valence-corrected chi connectivity index (χ0v) is 11.4. The van der Waals surface area contributed by atoms with Gasteiger partial charge in [0.2, 0.25) is 11.8 Å². The van der Waals surface area contributed by atoms with E-state index in [2.05, 4.69) is 5.16 Å². The van der Waals surface area contributed by atoms with Crippen molar-refractivity contribution in [2.24, 2.45) is 0 Å². The number of rotatable bonds is 2. The molecule has 1 fully saturated rings. The third-order valence-electron chi connectivity index (χ3n) is 2.99. The maximum absolute atomic E-state index is 11.7. The lowest BCUT2D eigenvalue weighted by molar-refractivity contribution is -0.117. The second kappa shape index (κ2) is 4.87. The van der Waals surface area contributed by atoms with Crippen molar-refractivity contribution in [1.82, 2.24) is 5.16 Å². The van der Waals surface area contributed by atoms with Gasteiger partial charge in [0.15, 0.2) is 0 Å². The molecule has 0 aliphatic carbocycles. The first-order chi connectivity index (χ1) is 9.15. The molecule has 19 heavy (non-hydrogen) atoms. The number of hydrogen-bond donors (Lipinski definition) is 0. The first kappa shape index (κ1) is 12.5. The van der Waals surface area contributed by atoms with Crippen molar-refractivity contribution in [3.8, 4) is 11.3 Å². The van der Waals surface area contributed by atoms with E-state index in [1.54, 1.807) is 12.1 Å². The van der Waals surface area contributed by atoms with E-state index in [1.165, 1.54) is 4.90 Å². The third-order valence-corrected chi connectivity index (χ3v) is 3.61. The lowest BCUT2D eigenvalue weighted by Gasteiger charge is -2.09. The second-order valence-electron chi connectivity index (χ2n) is 4.34. The molecule has 98 valence electrons. The molecule has 3 rings (SSSR count). The van der Waals surface area contributed by atoms with E-state index in [-0.39, 0.29) is 11.3 Å². The van der Waals surface area contributed by atoms with Gasteiger partial charge in [-0.2, -0.15) is 0 Å². The Morgan fingerprint density at radius 2 is 2.16 bits per heavy atom. The molecular weight excluding hydrogens is 287 g/mol. The van der Waals surface area contributed by atoms with E-state index >= 15 is 0 Å². The summed E-state index contributed by atoms with van der Waals surface area (Å²) < 4.78 is 5.21. The number of benzene rings is 1. The van der Waals surface area contributed by atoms with Crippen molar-refractivity contribution < 1.29 is 9.32 Å². The van der Waals surface area contributed by atoms with Crippen LogP contribution in [0.5, 0.6) is 0 Å². The summed E-state index contributed by atoms with van der Waals surface area (Å²) >= 11 is 12.1.